The molecule has 7 nitrogen and oxygen atoms in total. The number of carbonyl (C=O) groups is 2. The van der Waals surface area contributed by atoms with Crippen molar-refractivity contribution in [3.63, 3.8) is 0 Å². The molecule has 0 bridgehead atoms. The van der Waals surface area contributed by atoms with Crippen molar-refractivity contribution < 1.29 is 18.0 Å². The van der Waals surface area contributed by atoms with Crippen LogP contribution in [0.5, 0.6) is 0 Å². The Hall–Kier alpha value is -2.87. The summed E-state index contributed by atoms with van der Waals surface area (Å²) in [6, 6.07) is 15.6. The first-order chi connectivity index (χ1) is 14.7. The number of carbonyl (C=O) groups excluding carboxylic acids is 2. The second-order valence-electron chi connectivity index (χ2n) is 7.37. The van der Waals surface area contributed by atoms with Crippen LogP contribution in [0.4, 0.5) is 5.69 Å². The molecule has 0 fully saturated rings. The Kier molecular flexibility index (Phi) is 8.62. The Balaban J connectivity index is 2.34. The van der Waals surface area contributed by atoms with Gasteiger partial charge in [-0.25, -0.2) is 8.42 Å². The highest BCUT2D eigenvalue weighted by molar-refractivity contribution is 7.92. The van der Waals surface area contributed by atoms with Gasteiger partial charge < -0.3 is 10.2 Å². The largest absolute Gasteiger partial charge is 0.355 e. The maximum atomic E-state index is 13.3. The topological polar surface area (TPSA) is 86.8 Å². The van der Waals surface area contributed by atoms with Crippen molar-refractivity contribution in [3.8, 4) is 0 Å². The molecule has 168 valence electrons. The molecule has 8 heteroatoms. The highest BCUT2D eigenvalue weighted by atomic mass is 32.2. The first kappa shape index (κ1) is 24.4. The fraction of sp³-hybridized carbons (Fsp3) is 0.391. The Morgan fingerprint density at radius 3 is 2.10 bits per heavy atom. The molecule has 1 atom stereocenters. The van der Waals surface area contributed by atoms with Crippen molar-refractivity contribution in [2.45, 2.75) is 39.8 Å². The molecule has 0 aromatic heterocycles. The van der Waals surface area contributed by atoms with Gasteiger partial charge in [-0.2, -0.15) is 0 Å². The molecule has 1 N–H and O–H groups in total. The lowest BCUT2D eigenvalue weighted by Gasteiger charge is -2.31. The number of aryl methyl sites for hydroxylation is 1. The van der Waals surface area contributed by atoms with Crippen LogP contribution in [-0.2, 0) is 32.6 Å². The third kappa shape index (κ3) is 6.82. The molecule has 0 heterocycles. The molecule has 31 heavy (non-hydrogen) atoms. The summed E-state index contributed by atoms with van der Waals surface area (Å²) < 4.78 is 26.1. The van der Waals surface area contributed by atoms with Gasteiger partial charge in [0, 0.05) is 13.1 Å². The molecule has 0 aliphatic rings. The van der Waals surface area contributed by atoms with Gasteiger partial charge in [-0.15, -0.1) is 0 Å². The van der Waals surface area contributed by atoms with Gasteiger partial charge in [0.25, 0.3) is 0 Å². The number of likely N-dealkylation sites (N-methyl/N-ethyl adjacent to an activating group) is 1. The zero-order valence-electron chi connectivity index (χ0n) is 18.5. The number of benzene rings is 2. The highest BCUT2D eigenvalue weighted by Crippen LogP contribution is 2.20. The van der Waals surface area contributed by atoms with E-state index < -0.39 is 22.0 Å². The van der Waals surface area contributed by atoms with Gasteiger partial charge >= 0.3 is 0 Å². The minimum atomic E-state index is -3.71. The number of sulfonamides is 1. The summed E-state index contributed by atoms with van der Waals surface area (Å²) in [5.41, 5.74) is 2.34. The third-order valence-electron chi connectivity index (χ3n) is 5.03. The van der Waals surface area contributed by atoms with Gasteiger partial charge in [0.1, 0.15) is 12.6 Å². The summed E-state index contributed by atoms with van der Waals surface area (Å²) in [7, 11) is -3.71. The summed E-state index contributed by atoms with van der Waals surface area (Å²) in [6.07, 6.45) is 1.90. The lowest BCUT2D eigenvalue weighted by atomic mass is 10.1. The van der Waals surface area contributed by atoms with E-state index in [4.69, 9.17) is 0 Å². The summed E-state index contributed by atoms with van der Waals surface area (Å²) in [5, 5.41) is 2.73. The number of nitrogens with zero attached hydrogens (tertiary/aromatic N) is 2. The minimum Gasteiger partial charge on any atom is -0.355 e. The zero-order chi connectivity index (χ0) is 23.0. The molecular formula is C23H31N3O4S. The quantitative estimate of drug-likeness (QED) is 0.609. The molecule has 0 spiro atoms. The molecule has 0 aliphatic carbocycles. The van der Waals surface area contributed by atoms with Gasteiger partial charge in [0.15, 0.2) is 0 Å². The molecule has 2 rings (SSSR count). The fourth-order valence-corrected chi connectivity index (χ4v) is 4.05. The van der Waals surface area contributed by atoms with Crippen molar-refractivity contribution in [1.29, 1.82) is 0 Å². The van der Waals surface area contributed by atoms with Crippen LogP contribution in [0.1, 0.15) is 31.9 Å². The normalized spacial score (nSPS) is 12.1. The maximum Gasteiger partial charge on any atom is 0.244 e. The predicted octanol–water partition coefficient (Wildman–Crippen LogP) is 2.57. The average Bonchev–Trinajstić information content (AvgIpc) is 2.75. The Bertz CT molecular complexity index is 976. The van der Waals surface area contributed by atoms with E-state index in [1.807, 2.05) is 49.4 Å². The maximum absolute atomic E-state index is 13.3. The standard InChI is InChI=1S/C23H31N3O4S/c1-5-19-12-14-21(15-13-19)26(31(4,29)30)17-22(27)25(18(3)23(28)24-6-2)16-20-10-8-7-9-11-20/h7-15,18H,5-6,16-17H2,1-4H3,(H,24,28)/t18-/m0/s1. The lowest BCUT2D eigenvalue weighted by molar-refractivity contribution is -0.139. The number of hydrogen-bond donors (Lipinski definition) is 1. The van der Waals surface area contributed by atoms with Gasteiger partial charge in [0.05, 0.1) is 11.9 Å². The smallest absolute Gasteiger partial charge is 0.244 e. The summed E-state index contributed by atoms with van der Waals surface area (Å²) >= 11 is 0. The van der Waals surface area contributed by atoms with Crippen molar-refractivity contribution in [1.82, 2.24) is 10.2 Å². The molecule has 0 radical (unpaired) electrons. The SMILES string of the molecule is CCNC(=O)[C@H](C)N(Cc1ccccc1)C(=O)CN(c1ccc(CC)cc1)S(C)(=O)=O. The first-order valence-corrected chi connectivity index (χ1v) is 12.2. The van der Waals surface area contributed by atoms with Gasteiger partial charge in [-0.1, -0.05) is 49.4 Å². The van der Waals surface area contributed by atoms with E-state index in [2.05, 4.69) is 5.32 Å². The van der Waals surface area contributed by atoms with Gasteiger partial charge in [0.2, 0.25) is 21.8 Å². The van der Waals surface area contributed by atoms with Crippen LogP contribution < -0.4 is 9.62 Å². The number of nitrogens with one attached hydrogen (secondary N) is 1. The number of hydrogen-bond acceptors (Lipinski definition) is 4. The first-order valence-electron chi connectivity index (χ1n) is 10.3. The summed E-state index contributed by atoms with van der Waals surface area (Å²) in [5.74, 6) is -0.738. The van der Waals surface area contributed by atoms with Crippen LogP contribution in [0.3, 0.4) is 0 Å². The number of rotatable bonds is 10. The zero-order valence-corrected chi connectivity index (χ0v) is 19.4. The predicted molar refractivity (Wildman–Crippen MR) is 123 cm³/mol. The van der Waals surface area contributed by atoms with Crippen molar-refractivity contribution >= 4 is 27.5 Å². The fourth-order valence-electron chi connectivity index (χ4n) is 3.20. The molecular weight excluding hydrogens is 414 g/mol. The van der Waals surface area contributed by atoms with Gasteiger partial charge in [-0.05, 0) is 43.5 Å². The lowest BCUT2D eigenvalue weighted by Crippen LogP contribution is -2.51. The molecule has 2 aromatic rings. The molecule has 2 amide bonds. The van der Waals surface area contributed by atoms with Crippen LogP contribution in [0.25, 0.3) is 0 Å². The van der Waals surface area contributed by atoms with E-state index >= 15 is 0 Å². The van der Waals surface area contributed by atoms with Crippen LogP contribution in [0.15, 0.2) is 54.6 Å². The van der Waals surface area contributed by atoms with E-state index in [-0.39, 0.29) is 19.0 Å². The third-order valence-corrected chi connectivity index (χ3v) is 6.17. The second kappa shape index (κ2) is 10.9. The monoisotopic (exact) mass is 445 g/mol. The van der Waals surface area contributed by atoms with E-state index in [9.17, 15) is 18.0 Å². The summed E-state index contributed by atoms with van der Waals surface area (Å²) in [6.45, 7) is 5.71. The highest BCUT2D eigenvalue weighted by Gasteiger charge is 2.29. The van der Waals surface area contributed by atoms with Crippen LogP contribution in [0, 0.1) is 0 Å². The van der Waals surface area contributed by atoms with E-state index in [0.717, 1.165) is 28.1 Å². The van der Waals surface area contributed by atoms with E-state index in [1.165, 1.54) is 4.90 Å². The van der Waals surface area contributed by atoms with Gasteiger partial charge in [-0.3, -0.25) is 13.9 Å². The summed E-state index contributed by atoms with van der Waals surface area (Å²) in [4.78, 5) is 27.2. The van der Waals surface area contributed by atoms with Crippen molar-refractivity contribution in [2.75, 3.05) is 23.7 Å². The number of amides is 2. The molecule has 2 aromatic carbocycles. The Morgan fingerprint density at radius 1 is 0.968 bits per heavy atom. The molecule has 0 saturated heterocycles. The Labute approximate surface area is 185 Å². The minimum absolute atomic E-state index is 0.199. The van der Waals surface area contributed by atoms with Crippen molar-refractivity contribution in [3.05, 3.63) is 65.7 Å². The molecule has 0 saturated carbocycles. The van der Waals surface area contributed by atoms with E-state index in [0.29, 0.717) is 12.2 Å². The molecule has 0 unspecified atom stereocenters. The van der Waals surface area contributed by atoms with Crippen LogP contribution >= 0.6 is 0 Å². The molecule has 0 aliphatic heterocycles. The number of anilines is 1. The van der Waals surface area contributed by atoms with Crippen LogP contribution in [0.2, 0.25) is 0 Å². The van der Waals surface area contributed by atoms with Crippen LogP contribution in [-0.4, -0.2) is 50.5 Å². The second-order valence-corrected chi connectivity index (χ2v) is 9.27. The van der Waals surface area contributed by atoms with Crippen molar-refractivity contribution in [2.24, 2.45) is 0 Å². The van der Waals surface area contributed by atoms with E-state index in [1.54, 1.807) is 26.0 Å². The Morgan fingerprint density at radius 2 is 1.58 bits per heavy atom. The average molecular weight is 446 g/mol.